The number of hydrogen-bond acceptors (Lipinski definition) is 2. The van der Waals surface area contributed by atoms with Crippen molar-refractivity contribution in [1.82, 2.24) is 0 Å². The summed E-state index contributed by atoms with van der Waals surface area (Å²) in [5.74, 6) is -0.630. The molecule has 3 nitrogen and oxygen atoms in total. The molecule has 0 saturated heterocycles. The van der Waals surface area contributed by atoms with E-state index >= 15 is 0 Å². The minimum atomic E-state index is -0.967. The number of carboxylic acid groups (broad SMARTS) is 1. The Morgan fingerprint density at radius 3 is 2.07 bits per heavy atom. The Kier molecular flexibility index (Phi) is 6.32. The summed E-state index contributed by atoms with van der Waals surface area (Å²) in [6.45, 7) is 16.7. The molecule has 2 aromatic rings. The molecule has 2 aromatic carbocycles. The van der Waals surface area contributed by atoms with Gasteiger partial charge in [-0.05, 0) is 58.6 Å². The van der Waals surface area contributed by atoms with Gasteiger partial charge in [0.2, 0.25) is 0 Å². The van der Waals surface area contributed by atoms with Crippen LogP contribution in [0.3, 0.4) is 0 Å². The van der Waals surface area contributed by atoms with Crippen molar-refractivity contribution in [3.63, 3.8) is 0 Å². The van der Waals surface area contributed by atoms with Crippen LogP contribution in [0, 0.1) is 13.8 Å². The largest absolute Gasteiger partial charge is 0.507 e. The fraction of sp³-hybridized carbons (Fsp3) is 0.423. The SMILES string of the molecule is Cc1cc(Cc2c(C)ccc(C(C)(C)C)c2O)c(C=CC(=O)O)c(C(C)(C)C)c1. The summed E-state index contributed by atoms with van der Waals surface area (Å²) >= 11 is 0. The summed E-state index contributed by atoms with van der Waals surface area (Å²) in [6.07, 6.45) is 3.44. The Hall–Kier alpha value is -2.55. The van der Waals surface area contributed by atoms with E-state index in [1.54, 1.807) is 6.08 Å². The Labute approximate surface area is 175 Å². The van der Waals surface area contributed by atoms with Gasteiger partial charge in [-0.2, -0.15) is 0 Å². The highest BCUT2D eigenvalue weighted by Crippen LogP contribution is 2.38. The third-order valence-electron chi connectivity index (χ3n) is 5.30. The van der Waals surface area contributed by atoms with E-state index < -0.39 is 5.97 Å². The van der Waals surface area contributed by atoms with Crippen LogP contribution in [0.2, 0.25) is 0 Å². The average molecular weight is 395 g/mol. The van der Waals surface area contributed by atoms with Gasteiger partial charge < -0.3 is 10.2 Å². The monoisotopic (exact) mass is 394 g/mol. The lowest BCUT2D eigenvalue weighted by Crippen LogP contribution is -2.16. The maximum Gasteiger partial charge on any atom is 0.328 e. The fourth-order valence-corrected chi connectivity index (χ4v) is 3.75. The predicted molar refractivity (Wildman–Crippen MR) is 121 cm³/mol. The number of carbonyl (C=O) groups is 1. The first-order chi connectivity index (χ1) is 13.2. The van der Waals surface area contributed by atoms with Gasteiger partial charge in [-0.15, -0.1) is 0 Å². The first-order valence-corrected chi connectivity index (χ1v) is 10.1. The van der Waals surface area contributed by atoms with E-state index in [0.717, 1.165) is 38.9 Å². The molecule has 2 N–H and O–H groups in total. The molecule has 0 aromatic heterocycles. The lowest BCUT2D eigenvalue weighted by Gasteiger charge is -2.26. The number of carboxylic acids is 1. The van der Waals surface area contributed by atoms with Crippen LogP contribution >= 0.6 is 0 Å². The van der Waals surface area contributed by atoms with Gasteiger partial charge in [-0.3, -0.25) is 0 Å². The molecule has 0 aliphatic heterocycles. The second-order valence-electron chi connectivity index (χ2n) is 9.99. The van der Waals surface area contributed by atoms with E-state index in [9.17, 15) is 15.0 Å². The molecule has 29 heavy (non-hydrogen) atoms. The molecular formula is C26H34O3. The average Bonchev–Trinajstić information content (AvgIpc) is 2.54. The van der Waals surface area contributed by atoms with Crippen molar-refractivity contribution in [2.24, 2.45) is 0 Å². The Bertz CT molecular complexity index is 951. The first kappa shape index (κ1) is 22.7. The molecule has 0 atom stereocenters. The zero-order chi connectivity index (χ0) is 22.1. The molecule has 0 heterocycles. The maximum absolute atomic E-state index is 11.2. The van der Waals surface area contributed by atoms with Crippen LogP contribution in [0.15, 0.2) is 30.3 Å². The van der Waals surface area contributed by atoms with Gasteiger partial charge in [0.05, 0.1) is 0 Å². The molecule has 0 radical (unpaired) electrons. The highest BCUT2D eigenvalue weighted by molar-refractivity contribution is 5.86. The summed E-state index contributed by atoms with van der Waals surface area (Å²) in [4.78, 5) is 11.2. The van der Waals surface area contributed by atoms with Crippen LogP contribution in [0.25, 0.3) is 6.08 Å². The summed E-state index contributed by atoms with van der Waals surface area (Å²) in [5.41, 5.74) is 6.73. The number of aromatic hydroxyl groups is 1. The van der Waals surface area contributed by atoms with Gasteiger partial charge in [-0.25, -0.2) is 4.79 Å². The lowest BCUT2D eigenvalue weighted by atomic mass is 9.79. The summed E-state index contributed by atoms with van der Waals surface area (Å²) in [5, 5.41) is 20.3. The van der Waals surface area contributed by atoms with E-state index in [1.807, 2.05) is 13.0 Å². The number of aliphatic carboxylic acids is 1. The summed E-state index contributed by atoms with van der Waals surface area (Å²) in [6, 6.07) is 8.28. The standard InChI is InChI=1S/C26H34O3/c1-16-13-18(19(10-12-23(27)28)22(14-16)26(6,7)8)15-20-17(2)9-11-21(24(20)29)25(3,4)5/h9-14,29H,15H2,1-8H3,(H,27,28). The molecule has 0 aliphatic carbocycles. The van der Waals surface area contributed by atoms with E-state index in [4.69, 9.17) is 0 Å². The molecular weight excluding hydrogens is 360 g/mol. The zero-order valence-corrected chi connectivity index (χ0v) is 19.0. The van der Waals surface area contributed by atoms with Gasteiger partial charge >= 0.3 is 5.97 Å². The van der Waals surface area contributed by atoms with Crippen LogP contribution in [0.5, 0.6) is 5.75 Å². The van der Waals surface area contributed by atoms with Crippen molar-refractivity contribution in [3.05, 3.63) is 69.3 Å². The molecule has 3 heteroatoms. The number of phenols is 1. The highest BCUT2D eigenvalue weighted by atomic mass is 16.4. The number of aryl methyl sites for hydroxylation is 2. The second kappa shape index (κ2) is 8.06. The molecule has 0 amide bonds. The fourth-order valence-electron chi connectivity index (χ4n) is 3.75. The van der Waals surface area contributed by atoms with Crippen molar-refractivity contribution in [2.75, 3.05) is 0 Å². The number of hydrogen-bond donors (Lipinski definition) is 2. The number of phenolic OH excluding ortho intramolecular Hbond substituents is 1. The Morgan fingerprint density at radius 1 is 0.966 bits per heavy atom. The van der Waals surface area contributed by atoms with E-state index in [1.165, 1.54) is 6.08 Å². The Balaban J connectivity index is 2.73. The van der Waals surface area contributed by atoms with Gasteiger partial charge in [0.1, 0.15) is 5.75 Å². The normalized spacial score (nSPS) is 12.6. The minimum absolute atomic E-state index is 0.136. The third-order valence-corrected chi connectivity index (χ3v) is 5.30. The maximum atomic E-state index is 11.2. The smallest absolute Gasteiger partial charge is 0.328 e. The molecule has 0 spiro atoms. The Morgan fingerprint density at radius 2 is 1.55 bits per heavy atom. The zero-order valence-electron chi connectivity index (χ0n) is 19.0. The van der Waals surface area contributed by atoms with Gasteiger partial charge in [0.15, 0.2) is 0 Å². The second-order valence-corrected chi connectivity index (χ2v) is 9.99. The van der Waals surface area contributed by atoms with Crippen molar-refractivity contribution in [1.29, 1.82) is 0 Å². The van der Waals surface area contributed by atoms with Crippen LogP contribution in [-0.2, 0) is 22.0 Å². The van der Waals surface area contributed by atoms with E-state index in [0.29, 0.717) is 12.2 Å². The number of rotatable bonds is 4. The molecule has 2 rings (SSSR count). The lowest BCUT2D eigenvalue weighted by molar-refractivity contribution is -0.131. The van der Waals surface area contributed by atoms with Crippen molar-refractivity contribution in [3.8, 4) is 5.75 Å². The molecule has 156 valence electrons. The molecule has 0 aliphatic rings. The molecule has 0 saturated carbocycles. The third kappa shape index (κ3) is 5.29. The van der Waals surface area contributed by atoms with Crippen LogP contribution in [0.4, 0.5) is 0 Å². The van der Waals surface area contributed by atoms with Gasteiger partial charge in [-0.1, -0.05) is 71.4 Å². The van der Waals surface area contributed by atoms with E-state index in [-0.39, 0.29) is 10.8 Å². The first-order valence-electron chi connectivity index (χ1n) is 10.1. The number of benzene rings is 2. The van der Waals surface area contributed by atoms with Gasteiger partial charge in [0.25, 0.3) is 0 Å². The highest BCUT2D eigenvalue weighted by Gasteiger charge is 2.24. The van der Waals surface area contributed by atoms with Crippen LogP contribution < -0.4 is 0 Å². The molecule has 0 bridgehead atoms. The van der Waals surface area contributed by atoms with Crippen molar-refractivity contribution >= 4 is 12.0 Å². The van der Waals surface area contributed by atoms with Crippen molar-refractivity contribution < 1.29 is 15.0 Å². The summed E-state index contributed by atoms with van der Waals surface area (Å²) < 4.78 is 0. The molecule has 0 unspecified atom stereocenters. The van der Waals surface area contributed by atoms with Crippen LogP contribution in [0.1, 0.15) is 80.5 Å². The molecule has 0 fully saturated rings. The minimum Gasteiger partial charge on any atom is -0.507 e. The predicted octanol–water partition coefficient (Wildman–Crippen LogP) is 6.29. The van der Waals surface area contributed by atoms with Gasteiger partial charge in [0, 0.05) is 18.1 Å². The quantitative estimate of drug-likeness (QED) is 0.599. The van der Waals surface area contributed by atoms with Crippen molar-refractivity contribution in [2.45, 2.75) is 72.6 Å². The summed E-state index contributed by atoms with van der Waals surface area (Å²) in [7, 11) is 0. The van der Waals surface area contributed by atoms with Crippen LogP contribution in [-0.4, -0.2) is 16.2 Å². The van der Waals surface area contributed by atoms with E-state index in [2.05, 4.69) is 66.7 Å². The topological polar surface area (TPSA) is 57.5 Å².